The van der Waals surface area contributed by atoms with Gasteiger partial charge in [0.25, 0.3) is 0 Å². The van der Waals surface area contributed by atoms with Crippen molar-refractivity contribution in [2.75, 3.05) is 5.32 Å². The molecule has 0 saturated heterocycles. The SMILES string of the molecule is Brc1cnccc1NC1CCc2ccccc2C1. The van der Waals surface area contributed by atoms with Crippen LogP contribution in [-0.2, 0) is 12.8 Å². The zero-order chi connectivity index (χ0) is 12.4. The fourth-order valence-electron chi connectivity index (χ4n) is 2.53. The van der Waals surface area contributed by atoms with Crippen molar-refractivity contribution in [3.8, 4) is 0 Å². The lowest BCUT2D eigenvalue weighted by Gasteiger charge is -2.26. The molecule has 0 aliphatic heterocycles. The van der Waals surface area contributed by atoms with Gasteiger partial charge in [-0.05, 0) is 52.4 Å². The zero-order valence-corrected chi connectivity index (χ0v) is 11.7. The normalized spacial score (nSPS) is 18.2. The van der Waals surface area contributed by atoms with Gasteiger partial charge in [-0.3, -0.25) is 4.98 Å². The summed E-state index contributed by atoms with van der Waals surface area (Å²) in [5.74, 6) is 0. The zero-order valence-electron chi connectivity index (χ0n) is 10.1. The average molecular weight is 303 g/mol. The summed E-state index contributed by atoms with van der Waals surface area (Å²) in [7, 11) is 0. The summed E-state index contributed by atoms with van der Waals surface area (Å²) < 4.78 is 1.03. The van der Waals surface area contributed by atoms with E-state index in [1.165, 1.54) is 17.5 Å². The third-order valence-corrected chi connectivity index (χ3v) is 4.11. The van der Waals surface area contributed by atoms with E-state index in [1.807, 2.05) is 18.5 Å². The molecular formula is C15H15BrN2. The van der Waals surface area contributed by atoms with Crippen molar-refractivity contribution in [3.63, 3.8) is 0 Å². The van der Waals surface area contributed by atoms with Crippen molar-refractivity contribution in [2.45, 2.75) is 25.3 Å². The highest BCUT2D eigenvalue weighted by atomic mass is 79.9. The Labute approximate surface area is 116 Å². The second-order valence-electron chi connectivity index (χ2n) is 4.71. The fraction of sp³-hybridized carbons (Fsp3) is 0.267. The van der Waals surface area contributed by atoms with Crippen molar-refractivity contribution in [3.05, 3.63) is 58.3 Å². The Morgan fingerprint density at radius 3 is 2.83 bits per heavy atom. The molecule has 92 valence electrons. The van der Waals surface area contributed by atoms with E-state index < -0.39 is 0 Å². The van der Waals surface area contributed by atoms with Crippen LogP contribution in [-0.4, -0.2) is 11.0 Å². The van der Waals surface area contributed by atoms with Crippen molar-refractivity contribution in [1.29, 1.82) is 0 Å². The van der Waals surface area contributed by atoms with Gasteiger partial charge in [0.1, 0.15) is 0 Å². The number of halogens is 1. The van der Waals surface area contributed by atoms with Crippen molar-refractivity contribution >= 4 is 21.6 Å². The lowest BCUT2D eigenvalue weighted by atomic mass is 9.88. The van der Waals surface area contributed by atoms with Crippen LogP contribution in [0.2, 0.25) is 0 Å². The molecule has 0 radical (unpaired) electrons. The van der Waals surface area contributed by atoms with Crippen LogP contribution in [0.1, 0.15) is 17.5 Å². The maximum absolute atomic E-state index is 4.09. The number of benzene rings is 1. The average Bonchev–Trinajstić information content (AvgIpc) is 2.41. The van der Waals surface area contributed by atoms with Gasteiger partial charge in [-0.1, -0.05) is 24.3 Å². The Balaban J connectivity index is 1.75. The molecule has 0 spiro atoms. The number of aryl methyl sites for hydroxylation is 1. The predicted octanol–water partition coefficient (Wildman–Crippen LogP) is 3.81. The molecule has 1 aliphatic carbocycles. The van der Waals surface area contributed by atoms with E-state index >= 15 is 0 Å². The number of pyridine rings is 1. The molecule has 3 rings (SSSR count). The fourth-order valence-corrected chi connectivity index (χ4v) is 2.90. The van der Waals surface area contributed by atoms with Crippen LogP contribution < -0.4 is 5.32 Å². The molecule has 1 aliphatic rings. The number of anilines is 1. The van der Waals surface area contributed by atoms with Gasteiger partial charge in [0, 0.05) is 18.4 Å². The quantitative estimate of drug-likeness (QED) is 0.912. The Bertz CT molecular complexity index is 554. The minimum atomic E-state index is 0.513. The maximum Gasteiger partial charge on any atom is 0.0590 e. The Hall–Kier alpha value is -1.35. The van der Waals surface area contributed by atoms with Crippen molar-refractivity contribution < 1.29 is 0 Å². The molecule has 18 heavy (non-hydrogen) atoms. The summed E-state index contributed by atoms with van der Waals surface area (Å²) in [5.41, 5.74) is 4.12. The first-order valence-corrected chi connectivity index (χ1v) is 7.05. The van der Waals surface area contributed by atoms with E-state index in [0.29, 0.717) is 6.04 Å². The molecule has 1 aromatic heterocycles. The largest absolute Gasteiger partial charge is 0.381 e. The summed E-state index contributed by atoms with van der Waals surface area (Å²) in [4.78, 5) is 4.09. The maximum atomic E-state index is 4.09. The van der Waals surface area contributed by atoms with E-state index in [4.69, 9.17) is 0 Å². The van der Waals surface area contributed by atoms with Crippen LogP contribution in [0.5, 0.6) is 0 Å². The molecule has 1 aromatic carbocycles. The van der Waals surface area contributed by atoms with Crippen LogP contribution in [0, 0.1) is 0 Å². The van der Waals surface area contributed by atoms with Crippen molar-refractivity contribution in [1.82, 2.24) is 4.98 Å². The van der Waals surface area contributed by atoms with Gasteiger partial charge in [-0.15, -0.1) is 0 Å². The van der Waals surface area contributed by atoms with E-state index in [-0.39, 0.29) is 0 Å². The minimum Gasteiger partial charge on any atom is -0.381 e. The first kappa shape index (κ1) is 11.7. The highest BCUT2D eigenvalue weighted by molar-refractivity contribution is 9.10. The van der Waals surface area contributed by atoms with Gasteiger partial charge < -0.3 is 5.32 Å². The monoisotopic (exact) mass is 302 g/mol. The van der Waals surface area contributed by atoms with Crippen molar-refractivity contribution in [2.24, 2.45) is 0 Å². The third kappa shape index (κ3) is 2.41. The number of hydrogen-bond donors (Lipinski definition) is 1. The van der Waals surface area contributed by atoms with Gasteiger partial charge in [-0.25, -0.2) is 0 Å². The number of aromatic nitrogens is 1. The summed E-state index contributed by atoms with van der Waals surface area (Å²) in [5, 5.41) is 3.60. The number of fused-ring (bicyclic) bond motifs is 1. The Morgan fingerprint density at radius 1 is 1.17 bits per heavy atom. The van der Waals surface area contributed by atoms with Gasteiger partial charge in [0.2, 0.25) is 0 Å². The smallest absolute Gasteiger partial charge is 0.0590 e. The predicted molar refractivity (Wildman–Crippen MR) is 77.8 cm³/mol. The number of nitrogens with one attached hydrogen (secondary N) is 1. The minimum absolute atomic E-state index is 0.513. The molecule has 2 aromatic rings. The molecule has 0 saturated carbocycles. The molecule has 1 atom stereocenters. The first-order valence-electron chi connectivity index (χ1n) is 6.26. The van der Waals surface area contributed by atoms with Crippen LogP contribution in [0.15, 0.2) is 47.2 Å². The van der Waals surface area contributed by atoms with E-state index in [0.717, 1.165) is 23.0 Å². The lowest BCUT2D eigenvalue weighted by Crippen LogP contribution is -2.27. The lowest BCUT2D eigenvalue weighted by molar-refractivity contribution is 0.610. The summed E-state index contributed by atoms with van der Waals surface area (Å²) >= 11 is 3.53. The molecule has 0 fully saturated rings. The summed E-state index contributed by atoms with van der Waals surface area (Å²) in [6.45, 7) is 0. The van der Waals surface area contributed by atoms with Gasteiger partial charge in [-0.2, -0.15) is 0 Å². The standard InChI is InChI=1S/C15H15BrN2/c16-14-10-17-8-7-15(14)18-13-6-5-11-3-1-2-4-12(11)9-13/h1-4,7-8,10,13H,5-6,9H2,(H,17,18). The molecule has 1 unspecified atom stereocenters. The number of nitrogens with zero attached hydrogens (tertiary/aromatic N) is 1. The topological polar surface area (TPSA) is 24.9 Å². The van der Waals surface area contributed by atoms with Crippen LogP contribution in [0.25, 0.3) is 0 Å². The second kappa shape index (κ2) is 5.11. The molecule has 3 heteroatoms. The summed E-state index contributed by atoms with van der Waals surface area (Å²) in [6, 6.07) is 11.3. The van der Waals surface area contributed by atoms with Crippen LogP contribution in [0.4, 0.5) is 5.69 Å². The second-order valence-corrected chi connectivity index (χ2v) is 5.56. The Morgan fingerprint density at radius 2 is 2.00 bits per heavy atom. The highest BCUT2D eigenvalue weighted by Gasteiger charge is 2.18. The number of hydrogen-bond acceptors (Lipinski definition) is 2. The van der Waals surface area contributed by atoms with Crippen LogP contribution >= 0.6 is 15.9 Å². The molecule has 1 N–H and O–H groups in total. The first-order chi connectivity index (χ1) is 8.83. The molecular weight excluding hydrogens is 288 g/mol. The molecule has 2 nitrogen and oxygen atoms in total. The van der Waals surface area contributed by atoms with Gasteiger partial charge in [0.05, 0.1) is 10.2 Å². The number of rotatable bonds is 2. The third-order valence-electron chi connectivity index (χ3n) is 3.48. The Kier molecular flexibility index (Phi) is 3.33. The highest BCUT2D eigenvalue weighted by Crippen LogP contribution is 2.26. The van der Waals surface area contributed by atoms with E-state index in [9.17, 15) is 0 Å². The molecule has 0 bridgehead atoms. The van der Waals surface area contributed by atoms with E-state index in [1.54, 1.807) is 0 Å². The molecule has 1 heterocycles. The van der Waals surface area contributed by atoms with Crippen LogP contribution in [0.3, 0.4) is 0 Å². The van der Waals surface area contributed by atoms with Gasteiger partial charge in [0.15, 0.2) is 0 Å². The summed E-state index contributed by atoms with van der Waals surface area (Å²) in [6.07, 6.45) is 7.11. The van der Waals surface area contributed by atoms with E-state index in [2.05, 4.69) is 50.5 Å². The molecule has 0 amide bonds. The van der Waals surface area contributed by atoms with Gasteiger partial charge >= 0.3 is 0 Å².